The monoisotopic (exact) mass is 453 g/mol. The molecule has 1 aromatic heterocycles. The fraction of sp³-hybridized carbons (Fsp3) is 0.727. The van der Waals surface area contributed by atoms with E-state index >= 15 is 0 Å². The van der Waals surface area contributed by atoms with Crippen LogP contribution < -0.4 is 0 Å². The quantitative estimate of drug-likeness (QED) is 0.576. The molecule has 0 unspecified atom stereocenters. The van der Waals surface area contributed by atoms with Gasteiger partial charge in [-0.25, -0.2) is 13.4 Å². The molecule has 168 valence electrons. The Labute approximate surface area is 185 Å². The first kappa shape index (κ1) is 23.5. The van der Waals surface area contributed by atoms with Gasteiger partial charge >= 0.3 is 0 Å². The molecule has 30 heavy (non-hydrogen) atoms. The Balaban J connectivity index is 1.60. The van der Waals surface area contributed by atoms with Crippen molar-refractivity contribution >= 4 is 27.7 Å². The molecule has 0 bridgehead atoms. The highest BCUT2D eigenvalue weighted by atomic mass is 32.2. The van der Waals surface area contributed by atoms with Crippen molar-refractivity contribution in [2.24, 2.45) is 0 Å². The van der Waals surface area contributed by atoms with E-state index in [1.165, 1.54) is 37.2 Å². The molecule has 1 aliphatic heterocycles. The number of rotatable bonds is 7. The summed E-state index contributed by atoms with van der Waals surface area (Å²) in [6.07, 6.45) is 11.3. The van der Waals surface area contributed by atoms with E-state index in [2.05, 4.69) is 18.8 Å². The number of hydrogen-bond donors (Lipinski definition) is 0. The van der Waals surface area contributed by atoms with E-state index in [1.54, 1.807) is 16.4 Å². The molecule has 2 fully saturated rings. The summed E-state index contributed by atoms with van der Waals surface area (Å²) in [5.74, 6) is 0.477. The summed E-state index contributed by atoms with van der Waals surface area (Å²) in [6, 6.07) is 3.89. The van der Waals surface area contributed by atoms with Crippen molar-refractivity contribution < 1.29 is 13.2 Å². The molecule has 6 nitrogen and oxygen atoms in total. The molecule has 0 N–H and O–H groups in total. The van der Waals surface area contributed by atoms with Gasteiger partial charge in [-0.1, -0.05) is 43.9 Å². The average Bonchev–Trinajstić information content (AvgIpc) is 3.03. The van der Waals surface area contributed by atoms with Crippen molar-refractivity contribution in [3.05, 3.63) is 18.3 Å². The van der Waals surface area contributed by atoms with Gasteiger partial charge in [0.1, 0.15) is 4.90 Å². The lowest BCUT2D eigenvalue weighted by Gasteiger charge is -2.37. The SMILES string of the molecule is CC(C)N(C(=O)CSc1ccc(S(=O)(=O)N2CCCCCC2)cn1)C1CCCCC1. The lowest BCUT2D eigenvalue weighted by atomic mass is 9.93. The molecular formula is C22H35N3O3S2. The number of aromatic nitrogens is 1. The second kappa shape index (κ2) is 11.0. The van der Waals surface area contributed by atoms with Crippen LogP contribution in [-0.2, 0) is 14.8 Å². The van der Waals surface area contributed by atoms with Gasteiger partial charge in [-0.15, -0.1) is 0 Å². The summed E-state index contributed by atoms with van der Waals surface area (Å²) in [5, 5.41) is 0.686. The van der Waals surface area contributed by atoms with E-state index < -0.39 is 10.0 Å². The molecule has 0 aromatic carbocycles. The van der Waals surface area contributed by atoms with Crippen molar-refractivity contribution in [1.82, 2.24) is 14.2 Å². The number of carbonyl (C=O) groups is 1. The minimum absolute atomic E-state index is 0.143. The van der Waals surface area contributed by atoms with Crippen LogP contribution in [0.25, 0.3) is 0 Å². The normalized spacial score (nSPS) is 19.6. The maximum Gasteiger partial charge on any atom is 0.244 e. The molecule has 1 saturated heterocycles. The Kier molecular flexibility index (Phi) is 8.60. The van der Waals surface area contributed by atoms with E-state index in [0.29, 0.717) is 29.9 Å². The maximum absolute atomic E-state index is 12.9. The number of carbonyl (C=O) groups excluding carboxylic acids is 1. The average molecular weight is 454 g/mol. The van der Waals surface area contributed by atoms with Crippen LogP contribution in [0.4, 0.5) is 0 Å². The summed E-state index contributed by atoms with van der Waals surface area (Å²) < 4.78 is 27.3. The van der Waals surface area contributed by atoms with Gasteiger partial charge in [0.25, 0.3) is 0 Å². The van der Waals surface area contributed by atoms with E-state index in [0.717, 1.165) is 38.5 Å². The summed E-state index contributed by atoms with van der Waals surface area (Å²) in [4.78, 5) is 19.5. The Morgan fingerprint density at radius 3 is 2.30 bits per heavy atom. The fourth-order valence-corrected chi connectivity index (χ4v) is 6.69. The zero-order valence-electron chi connectivity index (χ0n) is 18.3. The fourth-order valence-electron chi connectivity index (χ4n) is 4.52. The van der Waals surface area contributed by atoms with Crippen LogP contribution in [0, 0.1) is 0 Å². The summed E-state index contributed by atoms with van der Waals surface area (Å²) in [5.41, 5.74) is 0. The van der Waals surface area contributed by atoms with Crippen LogP contribution in [0.15, 0.2) is 28.3 Å². The largest absolute Gasteiger partial charge is 0.337 e. The summed E-state index contributed by atoms with van der Waals surface area (Å²) in [6.45, 7) is 5.33. The Morgan fingerprint density at radius 1 is 1.10 bits per heavy atom. The highest BCUT2D eigenvalue weighted by Crippen LogP contribution is 2.26. The smallest absolute Gasteiger partial charge is 0.244 e. The molecule has 2 aliphatic rings. The third-order valence-corrected chi connectivity index (χ3v) is 8.88. The van der Waals surface area contributed by atoms with Crippen molar-refractivity contribution in [3.8, 4) is 0 Å². The first-order chi connectivity index (χ1) is 14.4. The number of thioether (sulfide) groups is 1. The molecule has 0 radical (unpaired) electrons. The molecule has 1 amide bonds. The Morgan fingerprint density at radius 2 is 1.73 bits per heavy atom. The lowest BCUT2D eigenvalue weighted by Crippen LogP contribution is -2.46. The molecule has 0 spiro atoms. The standard InChI is InChI=1S/C22H35N3O3S2/c1-18(2)25(19-10-6-5-7-11-19)22(26)17-29-21-13-12-20(16-23-21)30(27,28)24-14-8-3-4-9-15-24/h12-13,16,18-19H,3-11,14-15,17H2,1-2H3. The predicted molar refractivity (Wildman–Crippen MR) is 121 cm³/mol. The van der Waals surface area contributed by atoms with Crippen molar-refractivity contribution in [2.45, 2.75) is 93.6 Å². The molecule has 0 atom stereocenters. The first-order valence-electron chi connectivity index (χ1n) is 11.3. The topological polar surface area (TPSA) is 70.6 Å². The number of hydrogen-bond acceptors (Lipinski definition) is 5. The second-order valence-corrected chi connectivity index (χ2v) is 11.6. The van der Waals surface area contributed by atoms with E-state index in [4.69, 9.17) is 0 Å². The summed E-state index contributed by atoms with van der Waals surface area (Å²) >= 11 is 1.39. The highest BCUT2D eigenvalue weighted by molar-refractivity contribution is 7.99. The van der Waals surface area contributed by atoms with Crippen LogP contribution in [0.5, 0.6) is 0 Å². The minimum Gasteiger partial charge on any atom is -0.337 e. The van der Waals surface area contributed by atoms with Crippen LogP contribution in [0.2, 0.25) is 0 Å². The predicted octanol–water partition coefficient (Wildman–Crippen LogP) is 4.31. The number of amides is 1. The summed E-state index contributed by atoms with van der Waals surface area (Å²) in [7, 11) is -3.49. The van der Waals surface area contributed by atoms with Crippen LogP contribution in [0.3, 0.4) is 0 Å². The van der Waals surface area contributed by atoms with Gasteiger partial charge in [0.05, 0.1) is 10.8 Å². The highest BCUT2D eigenvalue weighted by Gasteiger charge is 2.28. The van der Waals surface area contributed by atoms with Crippen molar-refractivity contribution in [1.29, 1.82) is 0 Å². The van der Waals surface area contributed by atoms with Crippen LogP contribution in [-0.4, -0.2) is 59.4 Å². The Bertz CT molecular complexity index is 782. The number of nitrogens with zero attached hydrogens (tertiary/aromatic N) is 3. The zero-order valence-corrected chi connectivity index (χ0v) is 19.9. The second-order valence-electron chi connectivity index (χ2n) is 8.63. The van der Waals surface area contributed by atoms with Crippen LogP contribution in [0.1, 0.15) is 71.6 Å². The van der Waals surface area contributed by atoms with Gasteiger partial charge in [0.15, 0.2) is 0 Å². The van der Waals surface area contributed by atoms with E-state index in [9.17, 15) is 13.2 Å². The molecular weight excluding hydrogens is 418 g/mol. The molecule has 1 aromatic rings. The van der Waals surface area contributed by atoms with Gasteiger partial charge in [0, 0.05) is 31.4 Å². The van der Waals surface area contributed by atoms with E-state index in [1.807, 2.05) is 4.90 Å². The molecule has 3 rings (SSSR count). The van der Waals surface area contributed by atoms with Gasteiger partial charge in [0.2, 0.25) is 15.9 Å². The van der Waals surface area contributed by atoms with Crippen molar-refractivity contribution in [2.75, 3.05) is 18.8 Å². The third-order valence-electron chi connectivity index (χ3n) is 6.07. The van der Waals surface area contributed by atoms with Gasteiger partial charge in [-0.3, -0.25) is 4.79 Å². The molecule has 1 aliphatic carbocycles. The minimum atomic E-state index is -3.49. The Hall–Kier alpha value is -1.12. The zero-order chi connectivity index (χ0) is 21.6. The number of sulfonamides is 1. The lowest BCUT2D eigenvalue weighted by molar-refractivity contribution is -0.133. The van der Waals surface area contributed by atoms with Gasteiger partial charge in [-0.05, 0) is 51.7 Å². The maximum atomic E-state index is 12.9. The number of pyridine rings is 1. The van der Waals surface area contributed by atoms with E-state index in [-0.39, 0.29) is 16.8 Å². The molecule has 2 heterocycles. The first-order valence-corrected chi connectivity index (χ1v) is 13.7. The van der Waals surface area contributed by atoms with Crippen LogP contribution >= 0.6 is 11.8 Å². The van der Waals surface area contributed by atoms with Gasteiger partial charge in [-0.2, -0.15) is 4.31 Å². The molecule has 8 heteroatoms. The van der Waals surface area contributed by atoms with Gasteiger partial charge < -0.3 is 4.90 Å². The third kappa shape index (κ3) is 5.98. The molecule has 1 saturated carbocycles. The van der Waals surface area contributed by atoms with Crippen molar-refractivity contribution in [3.63, 3.8) is 0 Å².